The number of H-pyrrole nitrogens is 1. The lowest BCUT2D eigenvalue weighted by Crippen LogP contribution is -2.31. The van der Waals surface area contributed by atoms with E-state index in [-0.39, 0.29) is 11.9 Å². The third kappa shape index (κ3) is 2.83. The first-order valence-corrected chi connectivity index (χ1v) is 9.09. The molecule has 1 saturated heterocycles. The van der Waals surface area contributed by atoms with Crippen LogP contribution in [0.1, 0.15) is 78.5 Å². The Labute approximate surface area is 142 Å². The summed E-state index contributed by atoms with van der Waals surface area (Å²) in [5, 5.41) is 7.33. The first kappa shape index (κ1) is 15.4. The van der Waals surface area contributed by atoms with E-state index in [0.717, 1.165) is 49.0 Å². The van der Waals surface area contributed by atoms with Crippen LogP contribution in [0.2, 0.25) is 0 Å². The molecule has 126 valence electrons. The van der Waals surface area contributed by atoms with Crippen molar-refractivity contribution >= 4 is 5.91 Å². The average molecular weight is 324 g/mol. The fourth-order valence-corrected chi connectivity index (χ4v) is 4.25. The largest absolute Gasteiger partial charge is 0.331 e. The number of aromatic amines is 1. The van der Waals surface area contributed by atoms with Crippen LogP contribution < -0.4 is 0 Å². The van der Waals surface area contributed by atoms with Crippen molar-refractivity contribution < 1.29 is 4.79 Å². The monoisotopic (exact) mass is 324 g/mol. The van der Waals surface area contributed by atoms with Gasteiger partial charge in [0, 0.05) is 24.9 Å². The van der Waals surface area contributed by atoms with Crippen LogP contribution in [0.15, 0.2) is 30.7 Å². The molecule has 1 saturated carbocycles. The topological polar surface area (TPSA) is 61.9 Å². The van der Waals surface area contributed by atoms with E-state index in [1.165, 1.54) is 19.3 Å². The van der Waals surface area contributed by atoms with Gasteiger partial charge in [0.25, 0.3) is 5.91 Å². The van der Waals surface area contributed by atoms with E-state index in [1.54, 1.807) is 12.4 Å². The molecule has 24 heavy (non-hydrogen) atoms. The number of amides is 1. The molecule has 1 aliphatic carbocycles. The minimum absolute atomic E-state index is 0.121. The third-order valence-electron chi connectivity index (χ3n) is 5.50. The molecule has 2 fully saturated rings. The molecular formula is C19H24N4O. The van der Waals surface area contributed by atoms with Crippen molar-refractivity contribution in [3.05, 3.63) is 47.5 Å². The predicted octanol–water partition coefficient (Wildman–Crippen LogP) is 3.83. The van der Waals surface area contributed by atoms with Gasteiger partial charge in [0.2, 0.25) is 0 Å². The second kappa shape index (κ2) is 6.75. The van der Waals surface area contributed by atoms with Crippen LogP contribution in [-0.2, 0) is 0 Å². The minimum Gasteiger partial charge on any atom is -0.331 e. The fraction of sp³-hybridized carbons (Fsp3) is 0.526. The van der Waals surface area contributed by atoms with Crippen molar-refractivity contribution in [3.63, 3.8) is 0 Å². The van der Waals surface area contributed by atoms with E-state index in [1.807, 2.05) is 17.2 Å². The minimum atomic E-state index is 0.121. The van der Waals surface area contributed by atoms with Crippen LogP contribution in [0.25, 0.3) is 0 Å². The molecule has 1 atom stereocenters. The van der Waals surface area contributed by atoms with Crippen LogP contribution in [-0.4, -0.2) is 32.5 Å². The maximum Gasteiger partial charge on any atom is 0.257 e. The number of carbonyl (C=O) groups excluding carboxylic acids is 1. The van der Waals surface area contributed by atoms with E-state index in [2.05, 4.69) is 21.2 Å². The van der Waals surface area contributed by atoms with Crippen molar-refractivity contribution in [3.8, 4) is 0 Å². The predicted molar refractivity (Wildman–Crippen MR) is 91.7 cm³/mol. The Kier molecular flexibility index (Phi) is 4.32. The molecule has 0 aromatic carbocycles. The Morgan fingerprint density at radius 1 is 1.12 bits per heavy atom. The van der Waals surface area contributed by atoms with E-state index in [4.69, 9.17) is 0 Å². The first-order valence-electron chi connectivity index (χ1n) is 9.09. The summed E-state index contributed by atoms with van der Waals surface area (Å²) in [7, 11) is 0. The molecule has 5 nitrogen and oxygen atoms in total. The Morgan fingerprint density at radius 3 is 2.79 bits per heavy atom. The van der Waals surface area contributed by atoms with Gasteiger partial charge < -0.3 is 4.90 Å². The number of aromatic nitrogens is 3. The second-order valence-corrected chi connectivity index (χ2v) is 6.98. The van der Waals surface area contributed by atoms with E-state index >= 15 is 0 Å². The number of hydrogen-bond acceptors (Lipinski definition) is 3. The van der Waals surface area contributed by atoms with Crippen LogP contribution in [0, 0.1) is 0 Å². The highest BCUT2D eigenvalue weighted by Crippen LogP contribution is 2.36. The van der Waals surface area contributed by atoms with Gasteiger partial charge in [-0.3, -0.25) is 14.9 Å². The summed E-state index contributed by atoms with van der Waals surface area (Å²) in [6.07, 6.45) is 13.6. The zero-order valence-corrected chi connectivity index (χ0v) is 13.9. The van der Waals surface area contributed by atoms with E-state index in [9.17, 15) is 4.79 Å². The van der Waals surface area contributed by atoms with Gasteiger partial charge in [0.1, 0.15) is 0 Å². The zero-order chi connectivity index (χ0) is 16.4. The van der Waals surface area contributed by atoms with Gasteiger partial charge in [0.15, 0.2) is 0 Å². The van der Waals surface area contributed by atoms with Crippen molar-refractivity contribution in [1.29, 1.82) is 0 Å². The van der Waals surface area contributed by atoms with Crippen LogP contribution in [0.5, 0.6) is 0 Å². The molecule has 0 bridgehead atoms. The summed E-state index contributed by atoms with van der Waals surface area (Å²) < 4.78 is 0. The first-order chi connectivity index (χ1) is 11.8. The lowest BCUT2D eigenvalue weighted by atomic mass is 9.85. The summed E-state index contributed by atoms with van der Waals surface area (Å²) in [6, 6.07) is 4.16. The van der Waals surface area contributed by atoms with Gasteiger partial charge in [-0.05, 0) is 37.3 Å². The highest BCUT2D eigenvalue weighted by atomic mass is 16.2. The molecule has 3 heterocycles. The van der Waals surface area contributed by atoms with Gasteiger partial charge in [-0.25, -0.2) is 0 Å². The number of hydrogen-bond donors (Lipinski definition) is 1. The maximum absolute atomic E-state index is 13.2. The summed E-state index contributed by atoms with van der Waals surface area (Å²) in [5.74, 6) is 0.579. The van der Waals surface area contributed by atoms with E-state index < -0.39 is 0 Å². The molecule has 5 heteroatoms. The summed E-state index contributed by atoms with van der Waals surface area (Å²) in [5.41, 5.74) is 2.96. The Morgan fingerprint density at radius 2 is 2.00 bits per heavy atom. The van der Waals surface area contributed by atoms with Crippen molar-refractivity contribution in [1.82, 2.24) is 20.1 Å². The summed E-state index contributed by atoms with van der Waals surface area (Å²) >= 11 is 0. The number of carbonyl (C=O) groups is 1. The molecule has 2 aliphatic rings. The Hall–Kier alpha value is -2.17. The molecule has 4 rings (SSSR count). The molecule has 1 amide bonds. The second-order valence-electron chi connectivity index (χ2n) is 6.98. The van der Waals surface area contributed by atoms with E-state index in [0.29, 0.717) is 5.92 Å². The Bertz CT molecular complexity index is 690. The maximum atomic E-state index is 13.2. The molecule has 2 aromatic rings. The normalized spacial score (nSPS) is 22.0. The highest BCUT2D eigenvalue weighted by molar-refractivity contribution is 5.95. The lowest BCUT2D eigenvalue weighted by molar-refractivity contribution is 0.0733. The number of rotatable bonds is 3. The molecule has 1 aliphatic heterocycles. The van der Waals surface area contributed by atoms with Crippen molar-refractivity contribution in [2.45, 2.75) is 56.9 Å². The van der Waals surface area contributed by atoms with Gasteiger partial charge in [-0.1, -0.05) is 25.3 Å². The number of likely N-dealkylation sites (tertiary alicyclic amines) is 1. The van der Waals surface area contributed by atoms with Gasteiger partial charge in [-0.15, -0.1) is 0 Å². The van der Waals surface area contributed by atoms with Gasteiger partial charge in [-0.2, -0.15) is 5.10 Å². The van der Waals surface area contributed by atoms with Gasteiger partial charge in [0.05, 0.1) is 23.5 Å². The molecule has 2 aromatic heterocycles. The molecule has 1 N–H and O–H groups in total. The third-order valence-corrected chi connectivity index (χ3v) is 5.50. The van der Waals surface area contributed by atoms with Crippen molar-refractivity contribution in [2.24, 2.45) is 0 Å². The average Bonchev–Trinajstić information content (AvgIpc) is 3.32. The lowest BCUT2D eigenvalue weighted by Gasteiger charge is -2.26. The van der Waals surface area contributed by atoms with Crippen LogP contribution >= 0.6 is 0 Å². The number of pyridine rings is 1. The standard InChI is InChI=1S/C19H24N4O/c24-19(16-13-21-22-18(16)14-6-2-1-3-7-14)23-11-5-9-17(23)15-8-4-10-20-12-15/h4,8,10,12-14,17H,1-3,5-7,9,11H2,(H,21,22). The van der Waals surface area contributed by atoms with Gasteiger partial charge >= 0.3 is 0 Å². The van der Waals surface area contributed by atoms with Crippen molar-refractivity contribution in [2.75, 3.05) is 6.54 Å². The highest BCUT2D eigenvalue weighted by Gasteiger charge is 2.33. The van der Waals surface area contributed by atoms with Crippen LogP contribution in [0.4, 0.5) is 0 Å². The molecular weight excluding hydrogens is 300 g/mol. The van der Waals surface area contributed by atoms with Crippen LogP contribution in [0.3, 0.4) is 0 Å². The molecule has 1 unspecified atom stereocenters. The molecule has 0 radical (unpaired) electrons. The quantitative estimate of drug-likeness (QED) is 0.933. The molecule has 0 spiro atoms. The fourth-order valence-electron chi connectivity index (χ4n) is 4.25. The summed E-state index contributed by atoms with van der Waals surface area (Å²) in [4.78, 5) is 19.4. The number of nitrogens with zero attached hydrogens (tertiary/aromatic N) is 3. The smallest absolute Gasteiger partial charge is 0.257 e. The summed E-state index contributed by atoms with van der Waals surface area (Å²) in [6.45, 7) is 0.813. The Balaban J connectivity index is 1.58. The number of nitrogens with one attached hydrogen (secondary N) is 1. The SMILES string of the molecule is O=C(c1cn[nH]c1C1CCCCC1)N1CCCC1c1cccnc1. The zero-order valence-electron chi connectivity index (χ0n) is 13.9.